The Morgan fingerprint density at radius 3 is 2.10 bits per heavy atom. The first-order chi connectivity index (χ1) is 14.2. The summed E-state index contributed by atoms with van der Waals surface area (Å²) in [4.78, 5) is 11.8. The van der Waals surface area contributed by atoms with E-state index in [2.05, 4.69) is 48.0 Å². The van der Waals surface area contributed by atoms with Crippen molar-refractivity contribution in [1.29, 1.82) is 0 Å². The molecule has 1 amide bonds. The lowest BCUT2D eigenvalue weighted by atomic mass is 9.92. The molecule has 3 rings (SSSR count). The van der Waals surface area contributed by atoms with E-state index in [-0.39, 0.29) is 0 Å². The summed E-state index contributed by atoms with van der Waals surface area (Å²) >= 11 is 0. The van der Waals surface area contributed by atoms with Crippen molar-refractivity contribution in [3.63, 3.8) is 0 Å². The maximum absolute atomic E-state index is 11.8. The van der Waals surface area contributed by atoms with Crippen molar-refractivity contribution in [2.45, 2.75) is 91.2 Å². The summed E-state index contributed by atoms with van der Waals surface area (Å²) in [6.45, 7) is 11.1. The van der Waals surface area contributed by atoms with E-state index in [0.717, 1.165) is 24.0 Å². The number of nitrogens with zero attached hydrogens (tertiary/aromatic N) is 1. The van der Waals surface area contributed by atoms with Gasteiger partial charge in [-0.25, -0.2) is 4.79 Å². The van der Waals surface area contributed by atoms with Crippen molar-refractivity contribution in [3.8, 4) is 0 Å². The maximum Gasteiger partial charge on any atom is 0.407 e. The van der Waals surface area contributed by atoms with Crippen molar-refractivity contribution in [2.24, 2.45) is 0 Å². The van der Waals surface area contributed by atoms with Gasteiger partial charge in [0.05, 0.1) is 12.7 Å². The molecule has 0 unspecified atom stereocenters. The number of carbonyl (C=O) groups is 1. The molecule has 1 saturated carbocycles. The number of alkyl carbamates (subject to hydrolysis) is 1. The van der Waals surface area contributed by atoms with Crippen LogP contribution < -0.4 is 5.32 Å². The monoisotopic (exact) mass is 412 g/mol. The van der Waals surface area contributed by atoms with Gasteiger partial charge in [-0.15, -0.1) is 0 Å². The molecule has 1 aliphatic carbocycles. The lowest BCUT2D eigenvalue weighted by molar-refractivity contribution is 0.00816. The molecule has 1 fully saturated rings. The molecule has 1 N–H and O–H groups in total. The highest BCUT2D eigenvalue weighted by Crippen LogP contribution is 2.32. The standard InChI is InChI=1S/C25H36N2O3/c1-18-6-7-19(2)27(18)22-12-14-23(15-13-22)29-17-21-10-8-20(9-11-21)16-26-24(28)30-25(3,4)5/h6-11,22-23H,12-17H2,1-5H3,(H,26,28)/t22-,23-. The fourth-order valence-electron chi connectivity index (χ4n) is 4.18. The minimum atomic E-state index is -0.482. The van der Waals surface area contributed by atoms with Gasteiger partial charge < -0.3 is 19.4 Å². The smallest absolute Gasteiger partial charge is 0.407 e. The Hall–Kier alpha value is -2.27. The molecule has 0 spiro atoms. The Balaban J connectivity index is 1.40. The second-order valence-electron chi connectivity index (χ2n) is 9.40. The third kappa shape index (κ3) is 6.36. The highest BCUT2D eigenvalue weighted by Gasteiger charge is 2.24. The summed E-state index contributed by atoms with van der Waals surface area (Å²) in [6.07, 6.45) is 4.52. The molecule has 2 aromatic rings. The van der Waals surface area contributed by atoms with Gasteiger partial charge in [0.25, 0.3) is 0 Å². The summed E-state index contributed by atoms with van der Waals surface area (Å²) in [7, 11) is 0. The van der Waals surface area contributed by atoms with Gasteiger partial charge in [0.15, 0.2) is 0 Å². The lowest BCUT2D eigenvalue weighted by Crippen LogP contribution is -2.32. The Morgan fingerprint density at radius 1 is 0.967 bits per heavy atom. The number of hydrogen-bond donors (Lipinski definition) is 1. The number of benzene rings is 1. The third-order valence-electron chi connectivity index (χ3n) is 5.68. The number of nitrogens with one attached hydrogen (secondary N) is 1. The van der Waals surface area contributed by atoms with Gasteiger partial charge in [0, 0.05) is 24.0 Å². The van der Waals surface area contributed by atoms with Crippen molar-refractivity contribution in [1.82, 2.24) is 9.88 Å². The second kappa shape index (κ2) is 9.69. The quantitative estimate of drug-likeness (QED) is 0.649. The minimum absolute atomic E-state index is 0.339. The molecule has 30 heavy (non-hydrogen) atoms. The van der Waals surface area contributed by atoms with Gasteiger partial charge in [0.2, 0.25) is 0 Å². The zero-order chi connectivity index (χ0) is 21.7. The van der Waals surface area contributed by atoms with Crippen LogP contribution in [0.1, 0.15) is 75.0 Å². The highest BCUT2D eigenvalue weighted by molar-refractivity contribution is 5.67. The third-order valence-corrected chi connectivity index (χ3v) is 5.68. The van der Waals surface area contributed by atoms with E-state index < -0.39 is 11.7 Å². The molecule has 0 saturated heterocycles. The van der Waals surface area contributed by atoms with Crippen LogP contribution in [-0.4, -0.2) is 22.4 Å². The van der Waals surface area contributed by atoms with E-state index in [1.807, 2.05) is 32.9 Å². The highest BCUT2D eigenvalue weighted by atomic mass is 16.6. The van der Waals surface area contributed by atoms with Gasteiger partial charge >= 0.3 is 6.09 Å². The molecule has 1 heterocycles. The molecule has 164 valence electrons. The Labute approximate surface area is 180 Å². The van der Waals surface area contributed by atoms with Crippen molar-refractivity contribution in [2.75, 3.05) is 0 Å². The normalized spacial score (nSPS) is 19.5. The number of aryl methyl sites for hydroxylation is 2. The number of aromatic nitrogens is 1. The first-order valence-electron chi connectivity index (χ1n) is 11.0. The van der Waals surface area contributed by atoms with E-state index in [4.69, 9.17) is 9.47 Å². The molecule has 0 atom stereocenters. The number of rotatable bonds is 6. The summed E-state index contributed by atoms with van der Waals surface area (Å²) in [5.74, 6) is 0. The first-order valence-corrected chi connectivity index (χ1v) is 11.0. The first kappa shape index (κ1) is 22.4. The van der Waals surface area contributed by atoms with Gasteiger partial charge in [-0.05, 0) is 83.6 Å². The van der Waals surface area contributed by atoms with E-state index in [1.165, 1.54) is 24.2 Å². The summed E-state index contributed by atoms with van der Waals surface area (Å²) < 4.78 is 13.9. The van der Waals surface area contributed by atoms with Crippen molar-refractivity contribution in [3.05, 3.63) is 58.9 Å². The average molecular weight is 413 g/mol. The van der Waals surface area contributed by atoms with Crippen LogP contribution in [0.2, 0.25) is 0 Å². The molecule has 0 aliphatic heterocycles. The summed E-state index contributed by atoms with van der Waals surface area (Å²) in [5, 5.41) is 2.79. The molecule has 0 bridgehead atoms. The molecule has 1 aromatic heterocycles. The van der Waals surface area contributed by atoms with Gasteiger partial charge in [-0.1, -0.05) is 24.3 Å². The number of carbonyl (C=O) groups excluding carboxylic acids is 1. The van der Waals surface area contributed by atoms with Crippen molar-refractivity contribution < 1.29 is 14.3 Å². The van der Waals surface area contributed by atoms with Crippen LogP contribution in [0.5, 0.6) is 0 Å². The van der Waals surface area contributed by atoms with Crippen LogP contribution in [0.25, 0.3) is 0 Å². The second-order valence-corrected chi connectivity index (χ2v) is 9.40. The topological polar surface area (TPSA) is 52.5 Å². The molecule has 1 aromatic carbocycles. The SMILES string of the molecule is Cc1ccc(C)n1[C@H]1CC[C@H](OCc2ccc(CNC(=O)OC(C)(C)C)cc2)CC1. The molecular formula is C25H36N2O3. The minimum Gasteiger partial charge on any atom is -0.444 e. The largest absolute Gasteiger partial charge is 0.444 e. The van der Waals surface area contributed by atoms with Crippen LogP contribution in [0.3, 0.4) is 0 Å². The van der Waals surface area contributed by atoms with Crippen LogP contribution in [0.15, 0.2) is 36.4 Å². The van der Waals surface area contributed by atoms with Crippen LogP contribution in [0, 0.1) is 13.8 Å². The molecular weight excluding hydrogens is 376 g/mol. The lowest BCUT2D eigenvalue weighted by Gasteiger charge is -2.31. The average Bonchev–Trinajstić information content (AvgIpc) is 3.03. The Bertz CT molecular complexity index is 806. The molecule has 5 nitrogen and oxygen atoms in total. The van der Waals surface area contributed by atoms with Crippen molar-refractivity contribution >= 4 is 6.09 Å². The zero-order valence-electron chi connectivity index (χ0n) is 19.0. The number of hydrogen-bond acceptors (Lipinski definition) is 3. The van der Waals surface area contributed by atoms with Gasteiger partial charge in [-0.2, -0.15) is 0 Å². The van der Waals surface area contributed by atoms with E-state index >= 15 is 0 Å². The van der Waals surface area contributed by atoms with Crippen LogP contribution in [-0.2, 0) is 22.6 Å². The fourth-order valence-corrected chi connectivity index (χ4v) is 4.18. The number of amides is 1. The predicted molar refractivity (Wildman–Crippen MR) is 120 cm³/mol. The van der Waals surface area contributed by atoms with Gasteiger partial charge in [-0.3, -0.25) is 0 Å². The summed E-state index contributed by atoms with van der Waals surface area (Å²) in [6, 6.07) is 13.2. The fraction of sp³-hybridized carbons (Fsp3) is 0.560. The van der Waals surface area contributed by atoms with E-state index in [0.29, 0.717) is 25.3 Å². The van der Waals surface area contributed by atoms with Crippen LogP contribution >= 0.6 is 0 Å². The maximum atomic E-state index is 11.8. The summed E-state index contributed by atoms with van der Waals surface area (Å²) in [5.41, 5.74) is 4.44. The van der Waals surface area contributed by atoms with E-state index in [9.17, 15) is 4.79 Å². The predicted octanol–water partition coefficient (Wildman–Crippen LogP) is 5.83. The molecule has 1 aliphatic rings. The Morgan fingerprint density at radius 2 is 1.53 bits per heavy atom. The van der Waals surface area contributed by atoms with E-state index in [1.54, 1.807) is 0 Å². The number of ether oxygens (including phenoxy) is 2. The van der Waals surface area contributed by atoms with Gasteiger partial charge in [0.1, 0.15) is 5.60 Å². The zero-order valence-corrected chi connectivity index (χ0v) is 19.0. The Kier molecular flexibility index (Phi) is 7.24. The molecule has 0 radical (unpaired) electrons. The van der Waals surface area contributed by atoms with Crippen LogP contribution in [0.4, 0.5) is 4.79 Å². The molecule has 5 heteroatoms.